The van der Waals surface area contributed by atoms with Crippen LogP contribution in [0.4, 0.5) is 0 Å². The summed E-state index contributed by atoms with van der Waals surface area (Å²) in [6.07, 6.45) is 5.04. The van der Waals surface area contributed by atoms with Gasteiger partial charge in [-0.25, -0.2) is 0 Å². The zero-order valence-corrected chi connectivity index (χ0v) is 12.5. The summed E-state index contributed by atoms with van der Waals surface area (Å²) in [5, 5.41) is 0. The quantitative estimate of drug-likeness (QED) is 0.799. The molecule has 0 aromatic rings. The number of likely N-dealkylation sites (tertiary alicyclic amines) is 1. The molecule has 1 heterocycles. The van der Waals surface area contributed by atoms with Gasteiger partial charge in [-0.3, -0.25) is 0 Å². The molecule has 0 saturated carbocycles. The standard InChI is InChI=1S/C15H32N2/c1-12(2)14-7-6-9-17(14)10-8-13(16)11-15(3,4)5/h12-14H,6-11,16H2,1-5H3. The maximum Gasteiger partial charge on any atom is 0.0119 e. The highest BCUT2D eigenvalue weighted by Gasteiger charge is 2.27. The van der Waals surface area contributed by atoms with Gasteiger partial charge in [0.2, 0.25) is 0 Å². The van der Waals surface area contributed by atoms with Gasteiger partial charge < -0.3 is 10.6 Å². The highest BCUT2D eigenvalue weighted by atomic mass is 15.2. The fraction of sp³-hybridized carbons (Fsp3) is 1.00. The van der Waals surface area contributed by atoms with Crippen LogP contribution in [-0.2, 0) is 0 Å². The highest BCUT2D eigenvalue weighted by molar-refractivity contribution is 4.82. The van der Waals surface area contributed by atoms with Gasteiger partial charge in [-0.1, -0.05) is 34.6 Å². The molecule has 17 heavy (non-hydrogen) atoms. The predicted octanol–water partition coefficient (Wildman–Crippen LogP) is 3.26. The predicted molar refractivity (Wildman–Crippen MR) is 76.1 cm³/mol. The van der Waals surface area contributed by atoms with Crippen LogP contribution in [0.3, 0.4) is 0 Å². The minimum absolute atomic E-state index is 0.363. The average Bonchev–Trinajstić information content (AvgIpc) is 2.59. The van der Waals surface area contributed by atoms with Crippen molar-refractivity contribution in [3.8, 4) is 0 Å². The van der Waals surface area contributed by atoms with Gasteiger partial charge in [0.1, 0.15) is 0 Å². The van der Waals surface area contributed by atoms with E-state index in [-0.39, 0.29) is 0 Å². The zero-order chi connectivity index (χ0) is 13.1. The SMILES string of the molecule is CC(C)C1CCCN1CCC(N)CC(C)(C)C. The highest BCUT2D eigenvalue weighted by Crippen LogP contribution is 2.25. The summed E-state index contributed by atoms with van der Waals surface area (Å²) in [7, 11) is 0. The average molecular weight is 240 g/mol. The lowest BCUT2D eigenvalue weighted by atomic mass is 9.87. The molecule has 0 radical (unpaired) electrons. The van der Waals surface area contributed by atoms with Crippen molar-refractivity contribution in [2.45, 2.75) is 72.4 Å². The van der Waals surface area contributed by atoms with E-state index in [2.05, 4.69) is 39.5 Å². The summed E-state index contributed by atoms with van der Waals surface area (Å²) in [5.74, 6) is 0.788. The molecule has 2 atom stereocenters. The molecule has 0 amide bonds. The van der Waals surface area contributed by atoms with Crippen LogP contribution in [-0.4, -0.2) is 30.1 Å². The first-order valence-corrected chi connectivity index (χ1v) is 7.29. The summed E-state index contributed by atoms with van der Waals surface area (Å²) < 4.78 is 0. The Morgan fingerprint density at radius 3 is 2.47 bits per heavy atom. The molecule has 0 aromatic heterocycles. The zero-order valence-electron chi connectivity index (χ0n) is 12.5. The first-order valence-electron chi connectivity index (χ1n) is 7.29. The van der Waals surface area contributed by atoms with Crippen LogP contribution >= 0.6 is 0 Å². The Labute approximate surface area is 108 Å². The van der Waals surface area contributed by atoms with Crippen LogP contribution in [0.1, 0.15) is 60.3 Å². The van der Waals surface area contributed by atoms with Crippen molar-refractivity contribution < 1.29 is 0 Å². The molecular weight excluding hydrogens is 208 g/mol. The summed E-state index contributed by atoms with van der Waals surface area (Å²) in [6.45, 7) is 14.0. The Hall–Kier alpha value is -0.0800. The Morgan fingerprint density at radius 1 is 1.29 bits per heavy atom. The summed E-state index contributed by atoms with van der Waals surface area (Å²) in [5.41, 5.74) is 6.60. The van der Waals surface area contributed by atoms with Crippen molar-refractivity contribution in [1.29, 1.82) is 0 Å². The molecular formula is C15H32N2. The topological polar surface area (TPSA) is 29.3 Å². The Bertz CT molecular complexity index is 217. The van der Waals surface area contributed by atoms with Crippen LogP contribution in [0.15, 0.2) is 0 Å². The monoisotopic (exact) mass is 240 g/mol. The van der Waals surface area contributed by atoms with E-state index >= 15 is 0 Å². The molecule has 1 rings (SSSR count). The third kappa shape index (κ3) is 5.39. The molecule has 2 unspecified atom stereocenters. The Balaban J connectivity index is 2.30. The third-order valence-corrected chi connectivity index (χ3v) is 3.85. The minimum Gasteiger partial charge on any atom is -0.328 e. The van der Waals surface area contributed by atoms with Crippen LogP contribution in [0.25, 0.3) is 0 Å². The molecule has 0 bridgehead atoms. The second-order valence-electron chi connectivity index (χ2n) is 7.30. The van der Waals surface area contributed by atoms with Gasteiger partial charge in [0.05, 0.1) is 0 Å². The van der Waals surface area contributed by atoms with Gasteiger partial charge in [-0.15, -0.1) is 0 Å². The van der Waals surface area contributed by atoms with Crippen LogP contribution in [0.2, 0.25) is 0 Å². The molecule has 1 aliphatic heterocycles. The maximum absolute atomic E-state index is 6.23. The molecule has 0 aliphatic carbocycles. The summed E-state index contributed by atoms with van der Waals surface area (Å²) >= 11 is 0. The largest absolute Gasteiger partial charge is 0.328 e. The molecule has 1 fully saturated rings. The fourth-order valence-electron chi connectivity index (χ4n) is 3.10. The van der Waals surface area contributed by atoms with E-state index in [1.807, 2.05) is 0 Å². The Kier molecular flexibility index (Phi) is 5.46. The van der Waals surface area contributed by atoms with Gasteiger partial charge in [0.25, 0.3) is 0 Å². The van der Waals surface area contributed by atoms with Crippen molar-refractivity contribution in [2.24, 2.45) is 17.1 Å². The number of hydrogen-bond donors (Lipinski definition) is 1. The van der Waals surface area contributed by atoms with E-state index in [0.717, 1.165) is 24.8 Å². The van der Waals surface area contributed by atoms with Crippen LogP contribution in [0, 0.1) is 11.3 Å². The normalized spacial score (nSPS) is 24.5. The van der Waals surface area contributed by atoms with Gasteiger partial charge in [-0.05, 0) is 50.1 Å². The van der Waals surface area contributed by atoms with E-state index < -0.39 is 0 Å². The number of nitrogens with zero attached hydrogens (tertiary/aromatic N) is 1. The van der Waals surface area contributed by atoms with E-state index in [9.17, 15) is 0 Å². The Morgan fingerprint density at radius 2 is 1.94 bits per heavy atom. The first-order chi connectivity index (χ1) is 7.79. The summed E-state index contributed by atoms with van der Waals surface area (Å²) in [4.78, 5) is 2.66. The molecule has 2 nitrogen and oxygen atoms in total. The van der Waals surface area contributed by atoms with E-state index in [4.69, 9.17) is 5.73 Å². The van der Waals surface area contributed by atoms with Crippen LogP contribution in [0.5, 0.6) is 0 Å². The summed E-state index contributed by atoms with van der Waals surface area (Å²) in [6, 6.07) is 1.17. The first kappa shape index (κ1) is 15.0. The van der Waals surface area contributed by atoms with Gasteiger partial charge in [-0.2, -0.15) is 0 Å². The smallest absolute Gasteiger partial charge is 0.0119 e. The van der Waals surface area contributed by atoms with Crippen LogP contribution < -0.4 is 5.73 Å². The molecule has 2 N–H and O–H groups in total. The van der Waals surface area contributed by atoms with Crippen molar-refractivity contribution in [1.82, 2.24) is 4.90 Å². The van der Waals surface area contributed by atoms with Crippen molar-refractivity contribution in [3.63, 3.8) is 0 Å². The lowest BCUT2D eigenvalue weighted by Crippen LogP contribution is -2.37. The lowest BCUT2D eigenvalue weighted by molar-refractivity contribution is 0.194. The van der Waals surface area contributed by atoms with E-state index in [1.165, 1.54) is 25.9 Å². The van der Waals surface area contributed by atoms with Crippen molar-refractivity contribution in [2.75, 3.05) is 13.1 Å². The number of hydrogen-bond acceptors (Lipinski definition) is 2. The molecule has 1 saturated heterocycles. The molecule has 2 heteroatoms. The number of nitrogens with two attached hydrogens (primary N) is 1. The lowest BCUT2D eigenvalue weighted by Gasteiger charge is -2.30. The van der Waals surface area contributed by atoms with Gasteiger partial charge in [0, 0.05) is 12.1 Å². The molecule has 0 spiro atoms. The fourth-order valence-corrected chi connectivity index (χ4v) is 3.10. The third-order valence-electron chi connectivity index (χ3n) is 3.85. The maximum atomic E-state index is 6.23. The second kappa shape index (κ2) is 6.19. The molecule has 0 aromatic carbocycles. The van der Waals surface area contributed by atoms with E-state index in [1.54, 1.807) is 0 Å². The minimum atomic E-state index is 0.363. The second-order valence-corrected chi connectivity index (χ2v) is 7.30. The van der Waals surface area contributed by atoms with E-state index in [0.29, 0.717) is 11.5 Å². The van der Waals surface area contributed by atoms with Gasteiger partial charge >= 0.3 is 0 Å². The van der Waals surface area contributed by atoms with Crippen molar-refractivity contribution >= 4 is 0 Å². The van der Waals surface area contributed by atoms with Crippen molar-refractivity contribution in [3.05, 3.63) is 0 Å². The molecule has 1 aliphatic rings. The van der Waals surface area contributed by atoms with Gasteiger partial charge in [0.15, 0.2) is 0 Å². The number of rotatable bonds is 5. The molecule has 102 valence electrons.